The lowest BCUT2D eigenvalue weighted by molar-refractivity contribution is -0.117. The minimum atomic E-state index is -0.104. The highest BCUT2D eigenvalue weighted by Gasteiger charge is 2.26. The Hall–Kier alpha value is -3.39. The Morgan fingerprint density at radius 1 is 1.07 bits per heavy atom. The molecule has 0 atom stereocenters. The topological polar surface area (TPSA) is 90.6 Å². The summed E-state index contributed by atoms with van der Waals surface area (Å²) in [5.74, 6) is 0.440. The molecule has 2 amide bonds. The first-order chi connectivity index (χ1) is 14.2. The fraction of sp³-hybridized carbons (Fsp3) is 0.286. The van der Waals surface area contributed by atoms with Crippen LogP contribution in [0.3, 0.4) is 0 Å². The minimum absolute atomic E-state index is 0.0828. The highest BCUT2D eigenvalue weighted by atomic mass is 16.5. The SMILES string of the molecule is COc1ccccc1NC(=O)CN1CCN(C(=O)c2n[nH]c3ccccc23)CC1. The van der Waals surface area contributed by atoms with Gasteiger partial charge in [0.1, 0.15) is 5.75 Å². The number of H-pyrrole nitrogens is 1. The van der Waals surface area contributed by atoms with Crippen LogP contribution in [-0.4, -0.2) is 71.6 Å². The molecule has 0 unspecified atom stereocenters. The van der Waals surface area contributed by atoms with E-state index in [-0.39, 0.29) is 18.4 Å². The molecule has 8 nitrogen and oxygen atoms in total. The molecule has 4 rings (SSSR count). The van der Waals surface area contributed by atoms with Crippen molar-refractivity contribution in [2.45, 2.75) is 0 Å². The Kier molecular flexibility index (Phi) is 5.44. The molecule has 0 bridgehead atoms. The third-order valence-corrected chi connectivity index (χ3v) is 5.08. The van der Waals surface area contributed by atoms with Crippen LogP contribution in [-0.2, 0) is 4.79 Å². The van der Waals surface area contributed by atoms with Gasteiger partial charge in [-0.05, 0) is 18.2 Å². The van der Waals surface area contributed by atoms with E-state index in [9.17, 15) is 9.59 Å². The molecule has 1 aliphatic heterocycles. The maximum absolute atomic E-state index is 12.8. The van der Waals surface area contributed by atoms with E-state index in [2.05, 4.69) is 15.5 Å². The average molecular weight is 393 g/mol. The van der Waals surface area contributed by atoms with Crippen LogP contribution in [0.1, 0.15) is 10.5 Å². The lowest BCUT2D eigenvalue weighted by Gasteiger charge is -2.34. The molecule has 2 aromatic carbocycles. The van der Waals surface area contributed by atoms with Crippen LogP contribution in [0.5, 0.6) is 5.75 Å². The van der Waals surface area contributed by atoms with Crippen molar-refractivity contribution in [1.82, 2.24) is 20.0 Å². The van der Waals surface area contributed by atoms with Crippen LogP contribution in [0.15, 0.2) is 48.5 Å². The van der Waals surface area contributed by atoms with Crippen molar-refractivity contribution in [2.75, 3.05) is 45.2 Å². The van der Waals surface area contributed by atoms with Crippen molar-refractivity contribution in [3.05, 3.63) is 54.2 Å². The quantitative estimate of drug-likeness (QED) is 0.692. The molecule has 2 heterocycles. The van der Waals surface area contributed by atoms with Crippen LogP contribution in [0.4, 0.5) is 5.69 Å². The Morgan fingerprint density at radius 2 is 1.79 bits per heavy atom. The Bertz CT molecular complexity index is 1020. The predicted molar refractivity (Wildman–Crippen MR) is 110 cm³/mol. The first kappa shape index (κ1) is 18.9. The largest absolute Gasteiger partial charge is 0.495 e. The van der Waals surface area contributed by atoms with Gasteiger partial charge in [0.15, 0.2) is 5.69 Å². The zero-order valence-corrected chi connectivity index (χ0v) is 16.2. The second-order valence-corrected chi connectivity index (χ2v) is 6.93. The van der Waals surface area contributed by atoms with Crippen LogP contribution in [0.25, 0.3) is 10.9 Å². The van der Waals surface area contributed by atoms with Gasteiger partial charge in [-0.2, -0.15) is 5.10 Å². The zero-order chi connectivity index (χ0) is 20.2. The first-order valence-corrected chi connectivity index (χ1v) is 9.53. The number of nitrogens with zero attached hydrogens (tertiary/aromatic N) is 3. The number of benzene rings is 2. The maximum Gasteiger partial charge on any atom is 0.275 e. The van der Waals surface area contributed by atoms with E-state index in [4.69, 9.17) is 4.74 Å². The van der Waals surface area contributed by atoms with E-state index in [0.29, 0.717) is 43.3 Å². The second kappa shape index (κ2) is 8.32. The number of para-hydroxylation sites is 3. The van der Waals surface area contributed by atoms with Gasteiger partial charge in [0, 0.05) is 31.6 Å². The molecule has 29 heavy (non-hydrogen) atoms. The number of hydrogen-bond donors (Lipinski definition) is 2. The van der Waals surface area contributed by atoms with Crippen LogP contribution in [0, 0.1) is 0 Å². The Morgan fingerprint density at radius 3 is 2.59 bits per heavy atom. The van der Waals surface area contributed by atoms with Gasteiger partial charge in [0.25, 0.3) is 5.91 Å². The summed E-state index contributed by atoms with van der Waals surface area (Å²) < 4.78 is 5.26. The third-order valence-electron chi connectivity index (χ3n) is 5.08. The lowest BCUT2D eigenvalue weighted by atomic mass is 10.2. The summed E-state index contributed by atoms with van der Waals surface area (Å²) >= 11 is 0. The summed E-state index contributed by atoms with van der Waals surface area (Å²) in [6.07, 6.45) is 0. The average Bonchev–Trinajstić information content (AvgIpc) is 3.18. The van der Waals surface area contributed by atoms with E-state index in [1.807, 2.05) is 47.4 Å². The van der Waals surface area contributed by atoms with Crippen molar-refractivity contribution in [3.63, 3.8) is 0 Å². The highest BCUT2D eigenvalue weighted by Crippen LogP contribution is 2.23. The van der Waals surface area contributed by atoms with Crippen molar-refractivity contribution in [2.24, 2.45) is 0 Å². The number of carbonyl (C=O) groups excluding carboxylic acids is 2. The van der Waals surface area contributed by atoms with Crippen molar-refractivity contribution < 1.29 is 14.3 Å². The number of ether oxygens (including phenoxy) is 1. The lowest BCUT2D eigenvalue weighted by Crippen LogP contribution is -2.50. The number of rotatable bonds is 5. The third kappa shape index (κ3) is 4.07. The molecular weight excluding hydrogens is 370 g/mol. The summed E-state index contributed by atoms with van der Waals surface area (Å²) in [5.41, 5.74) is 1.95. The summed E-state index contributed by atoms with van der Waals surface area (Å²) in [6, 6.07) is 14.9. The first-order valence-electron chi connectivity index (χ1n) is 9.53. The van der Waals surface area contributed by atoms with E-state index < -0.39 is 0 Å². The number of methoxy groups -OCH3 is 1. The fourth-order valence-electron chi connectivity index (χ4n) is 3.53. The monoisotopic (exact) mass is 393 g/mol. The van der Waals surface area contributed by atoms with Gasteiger partial charge < -0.3 is 15.0 Å². The second-order valence-electron chi connectivity index (χ2n) is 6.93. The zero-order valence-electron chi connectivity index (χ0n) is 16.2. The number of nitrogens with one attached hydrogen (secondary N) is 2. The molecule has 1 aliphatic rings. The molecule has 3 aromatic rings. The number of carbonyl (C=O) groups is 2. The fourth-order valence-corrected chi connectivity index (χ4v) is 3.53. The molecular formula is C21H23N5O3. The predicted octanol–water partition coefficient (Wildman–Crippen LogP) is 1.97. The number of amides is 2. The highest BCUT2D eigenvalue weighted by molar-refractivity contribution is 6.04. The molecule has 0 radical (unpaired) electrons. The molecule has 0 spiro atoms. The molecule has 1 aromatic heterocycles. The van der Waals surface area contributed by atoms with E-state index in [1.165, 1.54) is 0 Å². The Balaban J connectivity index is 1.32. The summed E-state index contributed by atoms with van der Waals surface area (Å²) in [5, 5.41) is 10.8. The number of fused-ring (bicyclic) bond motifs is 1. The minimum Gasteiger partial charge on any atom is -0.495 e. The molecule has 150 valence electrons. The van der Waals surface area contributed by atoms with Gasteiger partial charge in [0.05, 0.1) is 24.9 Å². The smallest absolute Gasteiger partial charge is 0.275 e. The number of piperazine rings is 1. The number of hydrogen-bond acceptors (Lipinski definition) is 5. The summed E-state index contributed by atoms with van der Waals surface area (Å²) in [7, 11) is 1.57. The number of aromatic nitrogens is 2. The normalized spacial score (nSPS) is 14.7. The standard InChI is InChI=1S/C21H23N5O3/c1-29-18-9-5-4-8-17(18)22-19(27)14-25-10-12-26(13-11-25)21(28)20-15-6-2-3-7-16(15)23-24-20/h2-9H,10-14H2,1H3,(H,22,27)(H,23,24). The van der Waals surface area contributed by atoms with Gasteiger partial charge in [-0.25, -0.2) is 0 Å². The van der Waals surface area contributed by atoms with Gasteiger partial charge in [-0.15, -0.1) is 0 Å². The molecule has 1 saturated heterocycles. The van der Waals surface area contributed by atoms with Gasteiger partial charge in [-0.1, -0.05) is 30.3 Å². The molecule has 1 fully saturated rings. The molecule has 0 saturated carbocycles. The van der Waals surface area contributed by atoms with E-state index >= 15 is 0 Å². The number of aromatic amines is 1. The van der Waals surface area contributed by atoms with E-state index in [0.717, 1.165) is 10.9 Å². The molecule has 0 aliphatic carbocycles. The number of anilines is 1. The van der Waals surface area contributed by atoms with Crippen LogP contribution >= 0.6 is 0 Å². The van der Waals surface area contributed by atoms with Gasteiger partial charge in [-0.3, -0.25) is 19.6 Å². The van der Waals surface area contributed by atoms with Crippen molar-refractivity contribution >= 4 is 28.4 Å². The van der Waals surface area contributed by atoms with Gasteiger partial charge >= 0.3 is 0 Å². The van der Waals surface area contributed by atoms with Crippen molar-refractivity contribution in [3.8, 4) is 5.75 Å². The molecule has 2 N–H and O–H groups in total. The van der Waals surface area contributed by atoms with Crippen LogP contribution < -0.4 is 10.1 Å². The van der Waals surface area contributed by atoms with Gasteiger partial charge in [0.2, 0.25) is 5.91 Å². The summed E-state index contributed by atoms with van der Waals surface area (Å²) in [6.45, 7) is 2.65. The maximum atomic E-state index is 12.8. The van der Waals surface area contributed by atoms with E-state index in [1.54, 1.807) is 18.1 Å². The Labute approximate surface area is 168 Å². The molecule has 8 heteroatoms. The van der Waals surface area contributed by atoms with Crippen LogP contribution in [0.2, 0.25) is 0 Å². The summed E-state index contributed by atoms with van der Waals surface area (Å²) in [4.78, 5) is 29.1. The van der Waals surface area contributed by atoms with Crippen molar-refractivity contribution in [1.29, 1.82) is 0 Å².